The lowest BCUT2D eigenvalue weighted by molar-refractivity contribution is -0.135. The number of methoxy groups -OCH3 is 1. The second-order valence-electron chi connectivity index (χ2n) is 6.07. The highest BCUT2D eigenvalue weighted by molar-refractivity contribution is 5.78. The van der Waals surface area contributed by atoms with Crippen molar-refractivity contribution in [3.8, 4) is 6.07 Å². The van der Waals surface area contributed by atoms with Crippen LogP contribution in [0.5, 0.6) is 0 Å². The molecule has 2 rings (SSSR count). The molecule has 2 fully saturated rings. The van der Waals surface area contributed by atoms with E-state index in [1.165, 1.54) is 12.8 Å². The summed E-state index contributed by atoms with van der Waals surface area (Å²) in [6.45, 7) is 0. The van der Waals surface area contributed by atoms with Crippen molar-refractivity contribution in [3.05, 3.63) is 0 Å². The van der Waals surface area contributed by atoms with Gasteiger partial charge < -0.3 is 10.1 Å². The molecule has 0 spiro atoms. The topological polar surface area (TPSA) is 62.1 Å². The summed E-state index contributed by atoms with van der Waals surface area (Å²) in [7, 11) is 1.68. The van der Waals surface area contributed by atoms with Crippen LogP contribution in [-0.2, 0) is 9.53 Å². The minimum atomic E-state index is -0.633. The van der Waals surface area contributed by atoms with E-state index < -0.39 is 5.54 Å². The Bertz CT molecular complexity index is 355. The molecule has 0 aliphatic heterocycles. The number of nitrogens with zero attached hydrogens (tertiary/aromatic N) is 1. The van der Waals surface area contributed by atoms with Crippen molar-refractivity contribution in [2.45, 2.75) is 75.3 Å². The smallest absolute Gasteiger partial charge is 0.224 e. The normalized spacial score (nSPS) is 24.6. The molecule has 106 valence electrons. The molecule has 2 aliphatic carbocycles. The molecule has 1 N–H and O–H groups in total. The molecule has 0 aromatic heterocycles. The van der Waals surface area contributed by atoms with Gasteiger partial charge in [-0.05, 0) is 32.1 Å². The standard InChI is InChI=1S/C15H24N2O2/c1-19-15(9-6-10-15)11-13(18)17-14(12-16)7-4-2-3-5-8-14/h2-11H2,1H3,(H,17,18). The van der Waals surface area contributed by atoms with Gasteiger partial charge in [-0.3, -0.25) is 4.79 Å². The fourth-order valence-corrected chi connectivity index (χ4v) is 3.22. The number of carbonyl (C=O) groups excluding carboxylic acids is 1. The van der Waals surface area contributed by atoms with E-state index in [1.54, 1.807) is 7.11 Å². The van der Waals surface area contributed by atoms with Gasteiger partial charge in [-0.25, -0.2) is 0 Å². The fraction of sp³-hybridized carbons (Fsp3) is 0.867. The Balaban J connectivity index is 1.94. The molecule has 2 aliphatic rings. The highest BCUT2D eigenvalue weighted by Gasteiger charge is 2.41. The molecule has 2 saturated carbocycles. The number of hydrogen-bond donors (Lipinski definition) is 1. The van der Waals surface area contributed by atoms with Gasteiger partial charge >= 0.3 is 0 Å². The predicted octanol–water partition coefficient (Wildman–Crippen LogP) is 2.68. The van der Waals surface area contributed by atoms with E-state index in [4.69, 9.17) is 4.74 Å². The fourth-order valence-electron chi connectivity index (χ4n) is 3.22. The van der Waals surface area contributed by atoms with Crippen LogP contribution in [0.4, 0.5) is 0 Å². The SMILES string of the molecule is COC1(CC(=O)NC2(C#N)CCCCCC2)CCC1. The highest BCUT2D eigenvalue weighted by atomic mass is 16.5. The molecule has 1 amide bonds. The van der Waals surface area contributed by atoms with E-state index in [9.17, 15) is 10.1 Å². The van der Waals surface area contributed by atoms with Gasteiger partial charge in [-0.15, -0.1) is 0 Å². The Morgan fingerprint density at radius 2 is 1.79 bits per heavy atom. The zero-order valence-electron chi connectivity index (χ0n) is 11.8. The molecule has 4 heteroatoms. The average Bonchev–Trinajstić information content (AvgIpc) is 2.60. The van der Waals surface area contributed by atoms with Crippen LogP contribution in [0.3, 0.4) is 0 Å². The number of nitriles is 1. The quantitative estimate of drug-likeness (QED) is 0.794. The van der Waals surface area contributed by atoms with Crippen molar-refractivity contribution in [2.24, 2.45) is 0 Å². The van der Waals surface area contributed by atoms with Gasteiger partial charge in [0, 0.05) is 7.11 Å². The van der Waals surface area contributed by atoms with Crippen molar-refractivity contribution >= 4 is 5.91 Å². The molecule has 0 atom stereocenters. The van der Waals surface area contributed by atoms with E-state index >= 15 is 0 Å². The Labute approximate surface area is 115 Å². The largest absolute Gasteiger partial charge is 0.378 e. The summed E-state index contributed by atoms with van der Waals surface area (Å²) in [5, 5.41) is 12.4. The van der Waals surface area contributed by atoms with Crippen LogP contribution in [0, 0.1) is 11.3 Å². The number of hydrogen-bond acceptors (Lipinski definition) is 3. The first-order chi connectivity index (χ1) is 9.14. The van der Waals surface area contributed by atoms with Gasteiger partial charge in [0.25, 0.3) is 0 Å². The van der Waals surface area contributed by atoms with Crippen LogP contribution >= 0.6 is 0 Å². The zero-order valence-corrected chi connectivity index (χ0v) is 11.8. The van der Waals surface area contributed by atoms with E-state index in [1.807, 2.05) is 0 Å². The maximum absolute atomic E-state index is 12.2. The van der Waals surface area contributed by atoms with Gasteiger partial charge in [0.05, 0.1) is 18.1 Å². The summed E-state index contributed by atoms with van der Waals surface area (Å²) >= 11 is 0. The first kappa shape index (κ1) is 14.3. The number of nitrogens with one attached hydrogen (secondary N) is 1. The lowest BCUT2D eigenvalue weighted by Gasteiger charge is -2.40. The molecule has 0 aromatic carbocycles. The molecular weight excluding hydrogens is 240 g/mol. The average molecular weight is 264 g/mol. The van der Waals surface area contributed by atoms with Gasteiger partial charge in [-0.1, -0.05) is 25.7 Å². The van der Waals surface area contributed by atoms with Gasteiger partial charge in [0.1, 0.15) is 5.54 Å². The van der Waals surface area contributed by atoms with Crippen molar-refractivity contribution in [2.75, 3.05) is 7.11 Å². The Hall–Kier alpha value is -1.08. The molecule has 0 saturated heterocycles. The van der Waals surface area contributed by atoms with Crippen LogP contribution in [0.15, 0.2) is 0 Å². The maximum Gasteiger partial charge on any atom is 0.224 e. The summed E-state index contributed by atoms with van der Waals surface area (Å²) in [6.07, 6.45) is 9.41. The second-order valence-corrected chi connectivity index (χ2v) is 6.07. The highest BCUT2D eigenvalue weighted by Crippen LogP contribution is 2.38. The van der Waals surface area contributed by atoms with E-state index in [0.717, 1.165) is 44.9 Å². The van der Waals surface area contributed by atoms with E-state index in [0.29, 0.717) is 6.42 Å². The first-order valence-electron chi connectivity index (χ1n) is 7.41. The summed E-state index contributed by atoms with van der Waals surface area (Å²) in [4.78, 5) is 12.2. The van der Waals surface area contributed by atoms with Crippen molar-refractivity contribution in [1.82, 2.24) is 5.32 Å². The van der Waals surface area contributed by atoms with Gasteiger partial charge in [0.2, 0.25) is 5.91 Å². The van der Waals surface area contributed by atoms with E-state index in [-0.39, 0.29) is 11.5 Å². The van der Waals surface area contributed by atoms with Gasteiger partial charge in [-0.2, -0.15) is 5.26 Å². The summed E-state index contributed by atoms with van der Waals surface area (Å²) < 4.78 is 5.48. The third kappa shape index (κ3) is 3.27. The number of amides is 1. The second kappa shape index (κ2) is 5.92. The molecular formula is C15H24N2O2. The number of carbonyl (C=O) groups is 1. The van der Waals surface area contributed by atoms with Crippen LogP contribution in [0.1, 0.15) is 64.2 Å². The first-order valence-corrected chi connectivity index (χ1v) is 7.41. The Kier molecular flexibility index (Phi) is 4.46. The Morgan fingerprint density at radius 1 is 1.16 bits per heavy atom. The monoisotopic (exact) mass is 264 g/mol. The number of rotatable bonds is 4. The van der Waals surface area contributed by atoms with Crippen molar-refractivity contribution < 1.29 is 9.53 Å². The summed E-state index contributed by atoms with van der Waals surface area (Å²) in [5.74, 6) is -0.0231. The van der Waals surface area contributed by atoms with Crippen LogP contribution in [0.25, 0.3) is 0 Å². The third-order valence-electron chi connectivity index (χ3n) is 4.73. The summed E-state index contributed by atoms with van der Waals surface area (Å²) in [5.41, 5.74) is -0.891. The van der Waals surface area contributed by atoms with Crippen molar-refractivity contribution in [1.29, 1.82) is 5.26 Å². The molecule has 0 aromatic rings. The predicted molar refractivity (Wildman–Crippen MR) is 72.4 cm³/mol. The maximum atomic E-state index is 12.2. The summed E-state index contributed by atoms with van der Waals surface area (Å²) in [6, 6.07) is 2.36. The Morgan fingerprint density at radius 3 is 2.21 bits per heavy atom. The van der Waals surface area contributed by atoms with Crippen LogP contribution in [0.2, 0.25) is 0 Å². The van der Waals surface area contributed by atoms with Crippen LogP contribution in [-0.4, -0.2) is 24.2 Å². The molecule has 4 nitrogen and oxygen atoms in total. The van der Waals surface area contributed by atoms with E-state index in [2.05, 4.69) is 11.4 Å². The molecule has 0 radical (unpaired) electrons. The van der Waals surface area contributed by atoms with Crippen molar-refractivity contribution in [3.63, 3.8) is 0 Å². The zero-order chi connectivity index (χ0) is 13.8. The molecule has 19 heavy (non-hydrogen) atoms. The minimum absolute atomic E-state index is 0.0231. The van der Waals surface area contributed by atoms with Gasteiger partial charge in [0.15, 0.2) is 0 Å². The number of ether oxygens (including phenoxy) is 1. The lowest BCUT2D eigenvalue weighted by Crippen LogP contribution is -2.51. The third-order valence-corrected chi connectivity index (χ3v) is 4.73. The van der Waals surface area contributed by atoms with Crippen LogP contribution < -0.4 is 5.32 Å². The lowest BCUT2D eigenvalue weighted by atomic mass is 9.77. The molecule has 0 heterocycles. The molecule has 0 bridgehead atoms. The minimum Gasteiger partial charge on any atom is -0.378 e. The molecule has 0 unspecified atom stereocenters.